The molecule has 0 aliphatic heterocycles. The van der Waals surface area contributed by atoms with E-state index in [0.29, 0.717) is 17.1 Å². The molecule has 150 valence electrons. The first-order valence-corrected chi connectivity index (χ1v) is 10.2. The number of carbonyl (C=O) groups excluding carboxylic acids is 1. The van der Waals surface area contributed by atoms with E-state index in [1.165, 1.54) is 29.6 Å². The number of benzene rings is 2. The van der Waals surface area contributed by atoms with Crippen LogP contribution in [0.5, 0.6) is 5.75 Å². The van der Waals surface area contributed by atoms with Crippen molar-refractivity contribution >= 4 is 33.0 Å². The van der Waals surface area contributed by atoms with Gasteiger partial charge in [-0.1, -0.05) is 18.2 Å². The second kappa shape index (κ2) is 9.18. The molecule has 0 radical (unpaired) electrons. The molecule has 2 rings (SSSR count). The Hall–Kier alpha value is -3.14. The summed E-state index contributed by atoms with van der Waals surface area (Å²) in [7, 11) is -2.13. The zero-order valence-electron chi connectivity index (χ0n) is 15.5. The number of hydrogen-bond donors (Lipinski definition) is 1. The first kappa shape index (κ1) is 21.2. The van der Waals surface area contributed by atoms with Gasteiger partial charge in [-0.05, 0) is 24.6 Å². The lowest BCUT2D eigenvalue weighted by Gasteiger charge is -2.24. The number of carbonyl (C=O) groups is 1. The minimum Gasteiger partial charge on any atom is -0.495 e. The number of non-ortho nitro benzene ring substituents is 1. The first-order chi connectivity index (χ1) is 13.2. The Bertz CT molecular complexity index is 961. The quantitative estimate of drug-likeness (QED) is 0.504. The molecule has 0 bridgehead atoms. The molecule has 0 unspecified atom stereocenters. The normalized spacial score (nSPS) is 10.9. The van der Waals surface area contributed by atoms with Gasteiger partial charge in [-0.15, -0.1) is 0 Å². The van der Waals surface area contributed by atoms with Gasteiger partial charge in [0.1, 0.15) is 5.75 Å². The van der Waals surface area contributed by atoms with E-state index in [1.807, 2.05) is 0 Å². The highest BCUT2D eigenvalue weighted by Gasteiger charge is 2.21. The van der Waals surface area contributed by atoms with E-state index in [-0.39, 0.29) is 31.0 Å². The summed E-state index contributed by atoms with van der Waals surface area (Å²) in [6.07, 6.45) is 1.39. The number of ether oxygens (including phenoxy) is 1. The third-order valence-corrected chi connectivity index (χ3v) is 5.04. The van der Waals surface area contributed by atoms with Crippen LogP contribution in [0.4, 0.5) is 17.1 Å². The van der Waals surface area contributed by atoms with Gasteiger partial charge in [-0.25, -0.2) is 8.42 Å². The highest BCUT2D eigenvalue weighted by atomic mass is 32.2. The molecule has 0 saturated heterocycles. The number of amides is 1. The lowest BCUT2D eigenvalue weighted by Crippen LogP contribution is -2.31. The lowest BCUT2D eigenvalue weighted by atomic mass is 10.2. The molecule has 10 heteroatoms. The highest BCUT2D eigenvalue weighted by Crippen LogP contribution is 2.29. The molecule has 0 spiro atoms. The topological polar surface area (TPSA) is 119 Å². The Balaban J connectivity index is 2.02. The van der Waals surface area contributed by atoms with E-state index in [2.05, 4.69) is 5.32 Å². The summed E-state index contributed by atoms with van der Waals surface area (Å²) in [5.74, 6) is 0.0444. The van der Waals surface area contributed by atoms with Crippen LogP contribution in [0.15, 0.2) is 48.5 Å². The predicted molar refractivity (Wildman–Crippen MR) is 106 cm³/mol. The van der Waals surface area contributed by atoms with Crippen molar-refractivity contribution < 1.29 is 22.9 Å². The molecule has 0 fully saturated rings. The van der Waals surface area contributed by atoms with Crippen molar-refractivity contribution in [3.63, 3.8) is 0 Å². The Morgan fingerprint density at radius 3 is 2.57 bits per heavy atom. The summed E-state index contributed by atoms with van der Waals surface area (Å²) >= 11 is 0. The molecule has 0 aromatic heterocycles. The molecule has 1 amide bonds. The number of nitrogens with one attached hydrogen (secondary N) is 1. The monoisotopic (exact) mass is 407 g/mol. The van der Waals surface area contributed by atoms with Crippen LogP contribution in [0, 0.1) is 10.1 Å². The molecule has 2 aromatic carbocycles. The van der Waals surface area contributed by atoms with Gasteiger partial charge in [0.2, 0.25) is 15.9 Å². The average molecular weight is 407 g/mol. The molecule has 2 aromatic rings. The summed E-state index contributed by atoms with van der Waals surface area (Å²) in [5.41, 5.74) is 0.577. The van der Waals surface area contributed by atoms with Crippen molar-refractivity contribution in [2.45, 2.75) is 12.8 Å². The summed E-state index contributed by atoms with van der Waals surface area (Å²) in [6.45, 7) is 0.0849. The van der Waals surface area contributed by atoms with E-state index >= 15 is 0 Å². The minimum absolute atomic E-state index is 0.0455. The summed E-state index contributed by atoms with van der Waals surface area (Å²) < 4.78 is 30.8. The van der Waals surface area contributed by atoms with Crippen LogP contribution >= 0.6 is 0 Å². The van der Waals surface area contributed by atoms with Crippen LogP contribution in [-0.4, -0.2) is 39.2 Å². The fourth-order valence-corrected chi connectivity index (χ4v) is 3.57. The molecular weight excluding hydrogens is 386 g/mol. The van der Waals surface area contributed by atoms with Gasteiger partial charge < -0.3 is 10.1 Å². The van der Waals surface area contributed by atoms with Gasteiger partial charge in [-0.3, -0.25) is 19.2 Å². The number of hydrogen-bond acceptors (Lipinski definition) is 6. The van der Waals surface area contributed by atoms with Crippen molar-refractivity contribution in [3.8, 4) is 5.75 Å². The zero-order valence-corrected chi connectivity index (χ0v) is 16.3. The van der Waals surface area contributed by atoms with Gasteiger partial charge in [0, 0.05) is 30.8 Å². The minimum atomic E-state index is -3.58. The smallest absolute Gasteiger partial charge is 0.271 e. The Morgan fingerprint density at radius 1 is 1.21 bits per heavy atom. The van der Waals surface area contributed by atoms with Crippen molar-refractivity contribution in [2.24, 2.45) is 0 Å². The van der Waals surface area contributed by atoms with E-state index in [0.717, 1.165) is 6.26 Å². The van der Waals surface area contributed by atoms with Gasteiger partial charge in [0.05, 0.1) is 24.0 Å². The molecule has 0 aliphatic rings. The summed E-state index contributed by atoms with van der Waals surface area (Å²) in [6, 6.07) is 12.3. The molecular formula is C18H21N3O6S. The van der Waals surface area contributed by atoms with Crippen LogP contribution in [0.25, 0.3) is 0 Å². The van der Waals surface area contributed by atoms with Crippen molar-refractivity contribution in [2.75, 3.05) is 29.5 Å². The molecule has 0 aliphatic carbocycles. The number of rotatable bonds is 9. The van der Waals surface area contributed by atoms with E-state index in [4.69, 9.17) is 4.74 Å². The molecule has 28 heavy (non-hydrogen) atoms. The van der Waals surface area contributed by atoms with Crippen LogP contribution in [0.3, 0.4) is 0 Å². The third-order valence-electron chi connectivity index (χ3n) is 3.86. The van der Waals surface area contributed by atoms with E-state index in [9.17, 15) is 23.3 Å². The maximum atomic E-state index is 12.2. The third kappa shape index (κ3) is 5.68. The number of anilines is 2. The molecule has 9 nitrogen and oxygen atoms in total. The van der Waals surface area contributed by atoms with Crippen molar-refractivity contribution in [3.05, 3.63) is 58.6 Å². The number of para-hydroxylation sites is 2. The Kier molecular flexibility index (Phi) is 6.94. The molecule has 0 saturated carbocycles. The second-order valence-corrected chi connectivity index (χ2v) is 7.87. The predicted octanol–water partition coefficient (Wildman–Crippen LogP) is 2.79. The largest absolute Gasteiger partial charge is 0.495 e. The van der Waals surface area contributed by atoms with E-state index < -0.39 is 14.9 Å². The van der Waals surface area contributed by atoms with Crippen LogP contribution < -0.4 is 14.4 Å². The maximum Gasteiger partial charge on any atom is 0.271 e. The van der Waals surface area contributed by atoms with Gasteiger partial charge in [0.25, 0.3) is 5.69 Å². The van der Waals surface area contributed by atoms with Gasteiger partial charge >= 0.3 is 0 Å². The number of nitro groups is 1. The van der Waals surface area contributed by atoms with E-state index in [1.54, 1.807) is 30.3 Å². The van der Waals surface area contributed by atoms with Gasteiger partial charge in [0.15, 0.2) is 0 Å². The SMILES string of the molecule is COc1ccccc1N(CCCC(=O)Nc1cccc([N+](=O)[O-])c1)S(C)(=O)=O. The molecule has 0 atom stereocenters. The average Bonchev–Trinajstić information content (AvgIpc) is 2.64. The van der Waals surface area contributed by atoms with Gasteiger partial charge in [-0.2, -0.15) is 0 Å². The van der Waals surface area contributed by atoms with Crippen LogP contribution in [0.2, 0.25) is 0 Å². The Labute approximate surface area is 163 Å². The second-order valence-electron chi connectivity index (χ2n) is 5.97. The number of sulfonamides is 1. The number of methoxy groups -OCH3 is 1. The standard InChI is InChI=1S/C18H21N3O6S/c1-27-17-10-4-3-9-16(17)20(28(2,25)26)12-6-11-18(22)19-14-7-5-8-15(13-14)21(23)24/h3-5,7-10,13H,6,11-12H2,1-2H3,(H,19,22). The summed E-state index contributed by atoms with van der Waals surface area (Å²) in [5, 5.41) is 13.4. The number of nitrogens with zero attached hydrogens (tertiary/aromatic N) is 2. The fourth-order valence-electron chi connectivity index (χ4n) is 2.60. The van der Waals surface area contributed by atoms with Crippen LogP contribution in [-0.2, 0) is 14.8 Å². The molecule has 1 N–H and O–H groups in total. The van der Waals surface area contributed by atoms with Crippen molar-refractivity contribution in [1.29, 1.82) is 0 Å². The number of nitro benzene ring substituents is 1. The summed E-state index contributed by atoms with van der Waals surface area (Å²) in [4.78, 5) is 22.3. The van der Waals surface area contributed by atoms with Crippen molar-refractivity contribution in [1.82, 2.24) is 0 Å². The highest BCUT2D eigenvalue weighted by molar-refractivity contribution is 7.92. The zero-order chi connectivity index (χ0) is 20.7. The van der Waals surface area contributed by atoms with Crippen LogP contribution in [0.1, 0.15) is 12.8 Å². The Morgan fingerprint density at radius 2 is 1.93 bits per heavy atom. The fraction of sp³-hybridized carbons (Fsp3) is 0.278. The maximum absolute atomic E-state index is 12.2. The molecule has 0 heterocycles. The lowest BCUT2D eigenvalue weighted by molar-refractivity contribution is -0.384. The first-order valence-electron chi connectivity index (χ1n) is 8.37.